The van der Waals surface area contributed by atoms with Gasteiger partial charge in [-0.3, -0.25) is 4.79 Å². The number of fused-ring (bicyclic) bond motifs is 1. The van der Waals surface area contributed by atoms with E-state index in [1.807, 2.05) is 13.8 Å². The van der Waals surface area contributed by atoms with Crippen molar-refractivity contribution in [3.63, 3.8) is 0 Å². The molecule has 0 saturated carbocycles. The number of ether oxygens (including phenoxy) is 2. The third-order valence-electron chi connectivity index (χ3n) is 4.37. The molecule has 3 rings (SSSR count). The maximum Gasteiger partial charge on any atom is 0.349 e. The summed E-state index contributed by atoms with van der Waals surface area (Å²) in [5.41, 5.74) is 1.02. The standard InChI is InChI=1S/C23H22ClNO6/c1-12(2)25-22(27)18-9-15-5-6-16(10-19(15)31-23(18)28)30-20(26)11-29-17-7-13(3)21(24)14(4)8-17/h5-10,12H,11H2,1-4H3,(H,25,27). The first-order valence-corrected chi connectivity index (χ1v) is 10.0. The number of amides is 1. The Morgan fingerprint density at radius 1 is 1.06 bits per heavy atom. The molecule has 3 aromatic rings. The van der Waals surface area contributed by atoms with Crippen molar-refractivity contribution in [2.75, 3.05) is 6.61 Å². The number of rotatable bonds is 6. The van der Waals surface area contributed by atoms with E-state index in [0.29, 0.717) is 16.2 Å². The maximum absolute atomic E-state index is 12.2. The van der Waals surface area contributed by atoms with Crippen molar-refractivity contribution >= 4 is 34.4 Å². The molecule has 0 radical (unpaired) electrons. The van der Waals surface area contributed by atoms with Crippen LogP contribution >= 0.6 is 11.6 Å². The molecule has 0 fully saturated rings. The number of carbonyl (C=O) groups excluding carboxylic acids is 2. The first-order valence-electron chi connectivity index (χ1n) is 9.63. The van der Waals surface area contributed by atoms with Gasteiger partial charge in [-0.15, -0.1) is 0 Å². The fourth-order valence-electron chi connectivity index (χ4n) is 2.95. The highest BCUT2D eigenvalue weighted by Gasteiger charge is 2.15. The lowest BCUT2D eigenvalue weighted by atomic mass is 10.1. The second kappa shape index (κ2) is 9.22. The summed E-state index contributed by atoms with van der Waals surface area (Å²) in [7, 11) is 0. The predicted molar refractivity (Wildman–Crippen MR) is 117 cm³/mol. The van der Waals surface area contributed by atoms with Gasteiger partial charge in [0.25, 0.3) is 5.91 Å². The van der Waals surface area contributed by atoms with Crippen LogP contribution in [0.2, 0.25) is 5.02 Å². The van der Waals surface area contributed by atoms with E-state index in [4.69, 9.17) is 25.5 Å². The van der Waals surface area contributed by atoms with E-state index in [2.05, 4.69) is 5.32 Å². The van der Waals surface area contributed by atoms with E-state index in [-0.39, 0.29) is 29.5 Å². The van der Waals surface area contributed by atoms with Gasteiger partial charge in [0.05, 0.1) is 0 Å². The molecule has 1 heterocycles. The average Bonchev–Trinajstić information content (AvgIpc) is 2.69. The van der Waals surface area contributed by atoms with Gasteiger partial charge in [0.1, 0.15) is 22.6 Å². The second-order valence-corrected chi connectivity index (χ2v) is 7.79. The molecule has 0 spiro atoms. The molecule has 0 aliphatic carbocycles. The quantitative estimate of drug-likeness (QED) is 0.349. The molecule has 162 valence electrons. The first-order chi connectivity index (χ1) is 14.6. The number of halogens is 1. The Bertz CT molecular complexity index is 1190. The van der Waals surface area contributed by atoms with Crippen LogP contribution in [0.3, 0.4) is 0 Å². The topological polar surface area (TPSA) is 94.8 Å². The summed E-state index contributed by atoms with van der Waals surface area (Å²) < 4.78 is 16.0. The van der Waals surface area contributed by atoms with Crippen LogP contribution in [0.15, 0.2) is 45.6 Å². The Morgan fingerprint density at radius 3 is 2.39 bits per heavy atom. The van der Waals surface area contributed by atoms with E-state index in [1.165, 1.54) is 12.1 Å². The Kier molecular flexibility index (Phi) is 6.65. The van der Waals surface area contributed by atoms with Crippen LogP contribution in [0, 0.1) is 13.8 Å². The molecule has 31 heavy (non-hydrogen) atoms. The minimum atomic E-state index is -0.772. The smallest absolute Gasteiger partial charge is 0.349 e. The number of benzene rings is 2. The molecule has 8 heteroatoms. The molecule has 0 bridgehead atoms. The van der Waals surface area contributed by atoms with Crippen molar-refractivity contribution in [1.82, 2.24) is 5.32 Å². The van der Waals surface area contributed by atoms with Crippen molar-refractivity contribution in [2.24, 2.45) is 0 Å². The van der Waals surface area contributed by atoms with Crippen molar-refractivity contribution in [2.45, 2.75) is 33.7 Å². The summed E-state index contributed by atoms with van der Waals surface area (Å²) in [4.78, 5) is 36.4. The number of carbonyl (C=O) groups is 2. The minimum absolute atomic E-state index is 0.0899. The van der Waals surface area contributed by atoms with Gasteiger partial charge in [0.15, 0.2) is 6.61 Å². The Balaban J connectivity index is 1.71. The van der Waals surface area contributed by atoms with Crippen molar-refractivity contribution in [3.05, 3.63) is 68.5 Å². The van der Waals surface area contributed by atoms with Gasteiger partial charge < -0.3 is 19.2 Å². The molecule has 0 aliphatic heterocycles. The van der Waals surface area contributed by atoms with E-state index in [0.717, 1.165) is 11.1 Å². The lowest BCUT2D eigenvalue weighted by Crippen LogP contribution is -2.33. The summed E-state index contributed by atoms with van der Waals surface area (Å²) in [6.45, 7) is 6.97. The molecule has 0 saturated heterocycles. The molecule has 1 N–H and O–H groups in total. The van der Waals surface area contributed by atoms with Crippen molar-refractivity contribution in [3.8, 4) is 11.5 Å². The number of aryl methyl sites for hydroxylation is 2. The molecule has 0 unspecified atom stereocenters. The zero-order valence-electron chi connectivity index (χ0n) is 17.6. The lowest BCUT2D eigenvalue weighted by Gasteiger charge is -2.10. The van der Waals surface area contributed by atoms with Gasteiger partial charge in [0, 0.05) is 22.5 Å². The highest BCUT2D eigenvalue weighted by molar-refractivity contribution is 6.32. The van der Waals surface area contributed by atoms with E-state index < -0.39 is 17.5 Å². The van der Waals surface area contributed by atoms with Crippen LogP contribution in [-0.4, -0.2) is 24.5 Å². The average molecular weight is 444 g/mol. The largest absolute Gasteiger partial charge is 0.482 e. The monoisotopic (exact) mass is 443 g/mol. The van der Waals surface area contributed by atoms with Crippen LogP contribution < -0.4 is 20.4 Å². The predicted octanol–water partition coefficient (Wildman–Crippen LogP) is 4.19. The molecule has 0 atom stereocenters. The van der Waals surface area contributed by atoms with Gasteiger partial charge in [0.2, 0.25) is 0 Å². The van der Waals surface area contributed by atoms with Crippen LogP contribution in [0.1, 0.15) is 35.3 Å². The van der Waals surface area contributed by atoms with Crippen molar-refractivity contribution < 1.29 is 23.5 Å². The van der Waals surface area contributed by atoms with Crippen LogP contribution in [0.25, 0.3) is 11.0 Å². The first kappa shape index (κ1) is 22.4. The Labute approximate surface area is 183 Å². The summed E-state index contributed by atoms with van der Waals surface area (Å²) in [5, 5.41) is 3.83. The van der Waals surface area contributed by atoms with Gasteiger partial charge in [-0.2, -0.15) is 0 Å². The zero-order valence-corrected chi connectivity index (χ0v) is 18.3. The zero-order chi connectivity index (χ0) is 22.7. The number of esters is 1. The third-order valence-corrected chi connectivity index (χ3v) is 4.97. The third kappa shape index (κ3) is 5.44. The van der Waals surface area contributed by atoms with Crippen molar-refractivity contribution in [1.29, 1.82) is 0 Å². The maximum atomic E-state index is 12.2. The van der Waals surface area contributed by atoms with Gasteiger partial charge >= 0.3 is 11.6 Å². The lowest BCUT2D eigenvalue weighted by molar-refractivity contribution is -0.136. The molecule has 7 nitrogen and oxygen atoms in total. The molecule has 0 aliphatic rings. The highest BCUT2D eigenvalue weighted by Crippen LogP contribution is 2.26. The number of hydrogen-bond acceptors (Lipinski definition) is 6. The molecule has 1 amide bonds. The van der Waals surface area contributed by atoms with Gasteiger partial charge in [-0.05, 0) is 69.2 Å². The number of hydrogen-bond donors (Lipinski definition) is 1. The summed E-state index contributed by atoms with van der Waals surface area (Å²) in [6.07, 6.45) is 0. The highest BCUT2D eigenvalue weighted by atomic mass is 35.5. The van der Waals surface area contributed by atoms with E-state index >= 15 is 0 Å². The fraction of sp³-hybridized carbons (Fsp3) is 0.261. The molecular formula is C23H22ClNO6. The van der Waals surface area contributed by atoms with E-state index in [1.54, 1.807) is 38.1 Å². The fourth-order valence-corrected chi connectivity index (χ4v) is 3.06. The molecule has 2 aromatic carbocycles. The van der Waals surface area contributed by atoms with Gasteiger partial charge in [-0.1, -0.05) is 11.6 Å². The van der Waals surface area contributed by atoms with Crippen LogP contribution in [0.5, 0.6) is 11.5 Å². The minimum Gasteiger partial charge on any atom is -0.482 e. The van der Waals surface area contributed by atoms with Crippen LogP contribution in [0.4, 0.5) is 0 Å². The molecular weight excluding hydrogens is 422 g/mol. The molecule has 1 aromatic heterocycles. The van der Waals surface area contributed by atoms with E-state index in [9.17, 15) is 14.4 Å². The Hall–Kier alpha value is -3.32. The summed E-state index contributed by atoms with van der Waals surface area (Å²) >= 11 is 6.13. The SMILES string of the molecule is Cc1cc(OCC(=O)Oc2ccc3cc(C(=O)NC(C)C)c(=O)oc3c2)cc(C)c1Cl. The second-order valence-electron chi connectivity index (χ2n) is 7.41. The Morgan fingerprint density at radius 2 is 1.74 bits per heavy atom. The normalized spacial score (nSPS) is 10.9. The van der Waals surface area contributed by atoms with Crippen LogP contribution in [-0.2, 0) is 4.79 Å². The summed E-state index contributed by atoms with van der Waals surface area (Å²) in [5.74, 6) is -0.439. The number of nitrogens with one attached hydrogen (secondary N) is 1. The van der Waals surface area contributed by atoms with Gasteiger partial charge in [-0.25, -0.2) is 9.59 Å². The summed E-state index contributed by atoms with van der Waals surface area (Å²) in [6, 6.07) is 9.35.